The van der Waals surface area contributed by atoms with Gasteiger partial charge in [-0.15, -0.1) is 11.6 Å². The highest BCUT2D eigenvalue weighted by Gasteiger charge is 2.51. The highest BCUT2D eigenvalue weighted by atomic mass is 35.5. The summed E-state index contributed by atoms with van der Waals surface area (Å²) in [6.45, 7) is 4.24. The molecule has 2 nitrogen and oxygen atoms in total. The zero-order valence-corrected chi connectivity index (χ0v) is 14.3. The first-order chi connectivity index (χ1) is 10.0. The predicted octanol–water partition coefficient (Wildman–Crippen LogP) is 4.51. The molecule has 0 atom stereocenters. The predicted molar refractivity (Wildman–Crippen MR) is 87.4 cm³/mol. The lowest BCUT2D eigenvalue weighted by molar-refractivity contribution is -0.131. The number of halogens is 1. The highest BCUT2D eigenvalue weighted by molar-refractivity contribution is 6.18. The minimum atomic E-state index is -0.194. The van der Waals surface area contributed by atoms with E-state index in [1.807, 2.05) is 0 Å². The Morgan fingerprint density at radius 1 is 1.10 bits per heavy atom. The molecule has 21 heavy (non-hydrogen) atoms. The van der Waals surface area contributed by atoms with Crippen molar-refractivity contribution in [1.82, 2.24) is 5.32 Å². The number of nitrogens with one attached hydrogen (secondary N) is 1. The summed E-state index contributed by atoms with van der Waals surface area (Å²) in [6.07, 6.45) is 10.8. The molecule has 0 aliphatic heterocycles. The van der Waals surface area contributed by atoms with E-state index >= 15 is 0 Å². The number of rotatable bonds is 6. The molecular formula is C18H30ClNO. The summed E-state index contributed by atoms with van der Waals surface area (Å²) in [5.74, 6) is 3.52. The van der Waals surface area contributed by atoms with Crippen molar-refractivity contribution in [3.05, 3.63) is 0 Å². The van der Waals surface area contributed by atoms with Crippen LogP contribution < -0.4 is 5.32 Å². The standard InChI is InChI=1S/C18H30ClNO/c1-3-18(4-2,12-19)20-16(21)11-17-8-13-5-14(9-17)7-15(6-13)10-17/h13-15H,3-12H2,1-2H3,(H,20,21). The maximum absolute atomic E-state index is 12.7. The molecule has 0 unspecified atom stereocenters. The Balaban J connectivity index is 1.65. The number of carbonyl (C=O) groups is 1. The normalized spacial score (nSPS) is 37.8. The van der Waals surface area contributed by atoms with Crippen molar-refractivity contribution >= 4 is 17.5 Å². The first-order valence-corrected chi connectivity index (χ1v) is 9.42. The molecule has 4 saturated carbocycles. The van der Waals surface area contributed by atoms with Gasteiger partial charge in [0.05, 0.1) is 5.54 Å². The number of hydrogen-bond acceptors (Lipinski definition) is 1. The second-order valence-corrected chi connectivity index (χ2v) is 8.53. The molecule has 4 aliphatic carbocycles. The summed E-state index contributed by atoms with van der Waals surface area (Å²) >= 11 is 6.13. The fraction of sp³-hybridized carbons (Fsp3) is 0.944. The number of carbonyl (C=O) groups excluding carboxylic acids is 1. The molecular weight excluding hydrogens is 282 g/mol. The molecule has 0 aromatic heterocycles. The minimum absolute atomic E-state index is 0.194. The van der Waals surface area contributed by atoms with Gasteiger partial charge in [0.25, 0.3) is 0 Å². The van der Waals surface area contributed by atoms with Gasteiger partial charge in [0.1, 0.15) is 0 Å². The van der Waals surface area contributed by atoms with Crippen molar-refractivity contribution in [2.24, 2.45) is 23.2 Å². The molecule has 4 aliphatic rings. The van der Waals surface area contributed by atoms with Crippen LogP contribution in [0, 0.1) is 23.2 Å². The maximum Gasteiger partial charge on any atom is 0.221 e. The van der Waals surface area contributed by atoms with Gasteiger partial charge in [0.2, 0.25) is 5.91 Å². The third-order valence-electron chi connectivity index (χ3n) is 6.71. The molecule has 0 saturated heterocycles. The minimum Gasteiger partial charge on any atom is -0.349 e. The van der Waals surface area contributed by atoms with Crippen LogP contribution in [0.1, 0.15) is 71.6 Å². The van der Waals surface area contributed by atoms with Gasteiger partial charge in [-0.2, -0.15) is 0 Å². The third kappa shape index (κ3) is 2.98. The van der Waals surface area contributed by atoms with E-state index in [0.29, 0.717) is 11.3 Å². The van der Waals surface area contributed by atoms with Gasteiger partial charge >= 0.3 is 0 Å². The Labute approximate surface area is 134 Å². The quantitative estimate of drug-likeness (QED) is 0.719. The van der Waals surface area contributed by atoms with Gasteiger partial charge in [-0.3, -0.25) is 4.79 Å². The molecule has 4 rings (SSSR count). The second-order valence-electron chi connectivity index (χ2n) is 8.26. The summed E-state index contributed by atoms with van der Waals surface area (Å²) < 4.78 is 0. The van der Waals surface area contributed by atoms with Crippen LogP contribution in [0.25, 0.3) is 0 Å². The van der Waals surface area contributed by atoms with E-state index in [-0.39, 0.29) is 11.4 Å². The van der Waals surface area contributed by atoms with E-state index in [2.05, 4.69) is 19.2 Å². The van der Waals surface area contributed by atoms with Crippen LogP contribution in [0.4, 0.5) is 0 Å². The lowest BCUT2D eigenvalue weighted by Gasteiger charge is -2.56. The van der Waals surface area contributed by atoms with Gasteiger partial charge in [-0.25, -0.2) is 0 Å². The van der Waals surface area contributed by atoms with E-state index in [1.165, 1.54) is 38.5 Å². The first-order valence-electron chi connectivity index (χ1n) is 8.89. The first kappa shape index (κ1) is 15.6. The zero-order valence-electron chi connectivity index (χ0n) is 13.6. The molecule has 0 spiro atoms. The second kappa shape index (κ2) is 5.76. The van der Waals surface area contributed by atoms with Crippen LogP contribution in [0.2, 0.25) is 0 Å². The zero-order chi connectivity index (χ0) is 15.1. The summed E-state index contributed by atoms with van der Waals surface area (Å²) in [5, 5.41) is 3.28. The summed E-state index contributed by atoms with van der Waals surface area (Å²) in [4.78, 5) is 12.7. The van der Waals surface area contributed by atoms with Crippen LogP contribution in [0.15, 0.2) is 0 Å². The van der Waals surface area contributed by atoms with Gasteiger partial charge < -0.3 is 5.32 Å². The van der Waals surface area contributed by atoms with Crippen molar-refractivity contribution in [1.29, 1.82) is 0 Å². The number of alkyl halides is 1. The van der Waals surface area contributed by atoms with Crippen LogP contribution in [0.3, 0.4) is 0 Å². The van der Waals surface area contributed by atoms with Gasteiger partial charge in [0, 0.05) is 12.3 Å². The van der Waals surface area contributed by atoms with E-state index in [9.17, 15) is 4.79 Å². The molecule has 0 heterocycles. The van der Waals surface area contributed by atoms with E-state index in [4.69, 9.17) is 11.6 Å². The van der Waals surface area contributed by atoms with E-state index < -0.39 is 0 Å². The smallest absolute Gasteiger partial charge is 0.221 e. The SMILES string of the molecule is CCC(CC)(CCl)NC(=O)CC12CC3CC(CC(C3)C1)C2. The highest BCUT2D eigenvalue weighted by Crippen LogP contribution is 2.61. The topological polar surface area (TPSA) is 29.1 Å². The molecule has 0 aromatic rings. The van der Waals surface area contributed by atoms with Crippen LogP contribution in [-0.2, 0) is 4.79 Å². The van der Waals surface area contributed by atoms with E-state index in [1.54, 1.807) is 0 Å². The van der Waals surface area contributed by atoms with Crippen molar-refractivity contribution in [3.8, 4) is 0 Å². The molecule has 120 valence electrons. The lowest BCUT2D eigenvalue weighted by Crippen LogP contribution is -2.53. The molecule has 1 N–H and O–H groups in total. The summed E-state index contributed by atoms with van der Waals surface area (Å²) in [5.41, 5.74) is 0.138. The average Bonchev–Trinajstić information content (AvgIpc) is 2.43. The van der Waals surface area contributed by atoms with Crippen LogP contribution in [-0.4, -0.2) is 17.3 Å². The molecule has 4 bridgehead atoms. The Hall–Kier alpha value is -0.240. The molecule has 1 amide bonds. The Kier molecular flexibility index (Phi) is 4.29. The van der Waals surface area contributed by atoms with Crippen LogP contribution in [0.5, 0.6) is 0 Å². The van der Waals surface area contributed by atoms with Crippen molar-refractivity contribution in [2.75, 3.05) is 5.88 Å². The third-order valence-corrected chi connectivity index (χ3v) is 7.23. The van der Waals surface area contributed by atoms with Crippen molar-refractivity contribution in [2.45, 2.75) is 77.2 Å². The number of amides is 1. The summed E-state index contributed by atoms with van der Waals surface area (Å²) in [7, 11) is 0. The fourth-order valence-electron chi connectivity index (χ4n) is 5.84. The Bertz CT molecular complexity index is 358. The number of hydrogen-bond donors (Lipinski definition) is 1. The van der Waals surface area contributed by atoms with Gasteiger partial charge in [-0.1, -0.05) is 13.8 Å². The molecule has 0 aromatic carbocycles. The lowest BCUT2D eigenvalue weighted by atomic mass is 9.49. The van der Waals surface area contributed by atoms with E-state index in [0.717, 1.165) is 37.0 Å². The largest absolute Gasteiger partial charge is 0.349 e. The summed E-state index contributed by atoms with van der Waals surface area (Å²) in [6, 6.07) is 0. The molecule has 4 fully saturated rings. The molecule has 0 radical (unpaired) electrons. The Morgan fingerprint density at radius 3 is 1.95 bits per heavy atom. The average molecular weight is 312 g/mol. The monoisotopic (exact) mass is 311 g/mol. The van der Waals surface area contributed by atoms with Gasteiger partial charge in [0.15, 0.2) is 0 Å². The van der Waals surface area contributed by atoms with Gasteiger partial charge in [-0.05, 0) is 74.5 Å². The molecule has 3 heteroatoms. The van der Waals surface area contributed by atoms with Crippen molar-refractivity contribution in [3.63, 3.8) is 0 Å². The Morgan fingerprint density at radius 2 is 1.57 bits per heavy atom. The fourth-order valence-corrected chi connectivity index (χ4v) is 6.28. The van der Waals surface area contributed by atoms with Crippen LogP contribution >= 0.6 is 11.6 Å². The maximum atomic E-state index is 12.7. The van der Waals surface area contributed by atoms with Crippen molar-refractivity contribution < 1.29 is 4.79 Å².